The highest BCUT2D eigenvalue weighted by Crippen LogP contribution is 2.37. The molecular formula is C18H25F3N2O3S. The normalized spacial score (nSPS) is 22.1. The van der Waals surface area contributed by atoms with Gasteiger partial charge in [-0.2, -0.15) is 17.5 Å². The third-order valence-electron chi connectivity index (χ3n) is 5.50. The maximum atomic E-state index is 13.2. The molecule has 5 nitrogen and oxygen atoms in total. The second-order valence-electron chi connectivity index (χ2n) is 7.30. The summed E-state index contributed by atoms with van der Waals surface area (Å²) in [4.78, 5) is 0. The van der Waals surface area contributed by atoms with Crippen LogP contribution in [0.2, 0.25) is 0 Å². The van der Waals surface area contributed by atoms with Gasteiger partial charge in [0, 0.05) is 30.4 Å². The summed E-state index contributed by atoms with van der Waals surface area (Å²) >= 11 is 0. The fourth-order valence-electron chi connectivity index (χ4n) is 4.04. The predicted octanol–water partition coefficient (Wildman–Crippen LogP) is 4.11. The molecule has 0 aromatic heterocycles. The number of halogens is 3. The molecule has 0 spiro atoms. The van der Waals surface area contributed by atoms with Gasteiger partial charge in [0.15, 0.2) is 0 Å². The van der Waals surface area contributed by atoms with Crippen molar-refractivity contribution in [2.24, 2.45) is 5.92 Å². The first kappa shape index (κ1) is 20.3. The van der Waals surface area contributed by atoms with Gasteiger partial charge in [-0.05, 0) is 30.9 Å². The zero-order valence-electron chi connectivity index (χ0n) is 15.3. The zero-order chi connectivity index (χ0) is 19.7. The lowest BCUT2D eigenvalue weighted by Gasteiger charge is -2.25. The van der Waals surface area contributed by atoms with E-state index >= 15 is 0 Å². The number of ether oxygens (including phenoxy) is 1. The van der Waals surface area contributed by atoms with Crippen molar-refractivity contribution < 1.29 is 26.3 Å². The number of sulfonamides is 1. The van der Waals surface area contributed by atoms with Gasteiger partial charge >= 0.3 is 15.5 Å². The van der Waals surface area contributed by atoms with E-state index < -0.39 is 15.5 Å². The van der Waals surface area contributed by atoms with Crippen LogP contribution in [0.1, 0.15) is 44.1 Å². The highest BCUT2D eigenvalue weighted by atomic mass is 32.2. The summed E-state index contributed by atoms with van der Waals surface area (Å²) in [5.74, 6) is 0.950. The van der Waals surface area contributed by atoms with Gasteiger partial charge in [-0.15, -0.1) is 0 Å². The van der Waals surface area contributed by atoms with Gasteiger partial charge in [-0.3, -0.25) is 0 Å². The van der Waals surface area contributed by atoms with E-state index in [9.17, 15) is 21.6 Å². The number of nitrogens with zero attached hydrogens (tertiary/aromatic N) is 1. The van der Waals surface area contributed by atoms with Gasteiger partial charge in [0.25, 0.3) is 0 Å². The van der Waals surface area contributed by atoms with E-state index in [2.05, 4.69) is 5.32 Å². The molecule has 0 bridgehead atoms. The van der Waals surface area contributed by atoms with Crippen molar-refractivity contribution in [3.05, 3.63) is 23.8 Å². The molecule has 0 radical (unpaired) electrons. The smallest absolute Gasteiger partial charge is 0.496 e. The number of rotatable bonds is 5. The minimum Gasteiger partial charge on any atom is -0.496 e. The van der Waals surface area contributed by atoms with E-state index in [-0.39, 0.29) is 19.1 Å². The lowest BCUT2D eigenvalue weighted by atomic mass is 9.98. The van der Waals surface area contributed by atoms with Crippen molar-refractivity contribution in [3.63, 3.8) is 0 Å². The van der Waals surface area contributed by atoms with Gasteiger partial charge in [0.2, 0.25) is 0 Å². The number of alkyl halides is 3. The van der Waals surface area contributed by atoms with Crippen LogP contribution in [0.5, 0.6) is 5.75 Å². The van der Waals surface area contributed by atoms with E-state index in [0.717, 1.165) is 19.3 Å². The van der Waals surface area contributed by atoms with Gasteiger partial charge in [-0.25, -0.2) is 8.42 Å². The molecule has 1 unspecified atom stereocenters. The van der Waals surface area contributed by atoms with Crippen molar-refractivity contribution in [2.45, 2.75) is 56.6 Å². The Kier molecular flexibility index (Phi) is 5.90. The van der Waals surface area contributed by atoms with E-state index in [1.54, 1.807) is 18.2 Å². The van der Waals surface area contributed by atoms with E-state index in [0.29, 0.717) is 33.6 Å². The van der Waals surface area contributed by atoms with Crippen LogP contribution < -0.4 is 10.1 Å². The molecule has 27 heavy (non-hydrogen) atoms. The SMILES string of the molecule is COc1cccc2c1CN(S(=O)(=O)C(F)(F)F)CC(CCC1CCCC1)N2. The van der Waals surface area contributed by atoms with E-state index in [1.165, 1.54) is 20.0 Å². The zero-order valence-corrected chi connectivity index (χ0v) is 16.1. The van der Waals surface area contributed by atoms with Gasteiger partial charge in [0.05, 0.1) is 7.11 Å². The van der Waals surface area contributed by atoms with Crippen LogP contribution in [0.4, 0.5) is 18.9 Å². The van der Waals surface area contributed by atoms with Crippen molar-refractivity contribution >= 4 is 15.7 Å². The number of anilines is 1. The van der Waals surface area contributed by atoms with Gasteiger partial charge in [0.1, 0.15) is 5.75 Å². The fraction of sp³-hybridized carbons (Fsp3) is 0.667. The summed E-state index contributed by atoms with van der Waals surface area (Å²) in [5, 5.41) is 3.26. The number of fused-ring (bicyclic) bond motifs is 1. The standard InChI is InChI=1S/C18H25F3N2O3S/c1-26-17-8-4-7-16-15(17)12-23(27(24,25)18(19,20)21)11-14(22-16)10-9-13-5-2-3-6-13/h4,7-8,13-14,22H,2-3,5-6,9-12H2,1H3. The topological polar surface area (TPSA) is 58.6 Å². The van der Waals surface area contributed by atoms with Crippen LogP contribution in [0.3, 0.4) is 0 Å². The highest BCUT2D eigenvalue weighted by Gasteiger charge is 2.51. The summed E-state index contributed by atoms with van der Waals surface area (Å²) in [6, 6.07) is 4.74. The molecule has 0 amide bonds. The fourth-order valence-corrected chi connectivity index (χ4v) is 5.00. The molecule has 9 heteroatoms. The van der Waals surface area contributed by atoms with Crippen LogP contribution in [0, 0.1) is 5.92 Å². The second kappa shape index (κ2) is 7.87. The number of benzene rings is 1. The molecule has 1 aliphatic heterocycles. The minimum absolute atomic E-state index is 0.216. The molecule has 2 aliphatic rings. The van der Waals surface area contributed by atoms with Crippen LogP contribution in [-0.4, -0.2) is 37.9 Å². The summed E-state index contributed by atoms with van der Waals surface area (Å²) < 4.78 is 69.6. The minimum atomic E-state index is -5.42. The molecular weight excluding hydrogens is 381 g/mol. The lowest BCUT2D eigenvalue weighted by molar-refractivity contribution is -0.0492. The van der Waals surface area contributed by atoms with E-state index in [4.69, 9.17) is 4.74 Å². The van der Waals surface area contributed by atoms with Gasteiger partial charge in [-0.1, -0.05) is 31.7 Å². The summed E-state index contributed by atoms with van der Waals surface area (Å²) in [6.07, 6.45) is 6.18. The Morgan fingerprint density at radius 1 is 1.22 bits per heavy atom. The van der Waals surface area contributed by atoms with Crippen LogP contribution in [-0.2, 0) is 16.6 Å². The third kappa shape index (κ3) is 4.34. The Labute approximate surface area is 157 Å². The third-order valence-corrected chi connectivity index (χ3v) is 7.04. The van der Waals surface area contributed by atoms with Crippen LogP contribution >= 0.6 is 0 Å². The molecule has 1 aliphatic carbocycles. The van der Waals surface area contributed by atoms with Crippen molar-refractivity contribution in [2.75, 3.05) is 19.0 Å². The maximum Gasteiger partial charge on any atom is 0.511 e. The Bertz CT molecular complexity index is 762. The second-order valence-corrected chi connectivity index (χ2v) is 9.23. The Balaban J connectivity index is 1.89. The van der Waals surface area contributed by atoms with Crippen molar-refractivity contribution in [1.29, 1.82) is 0 Å². The molecule has 1 aromatic carbocycles. The number of hydrogen-bond donors (Lipinski definition) is 1. The monoisotopic (exact) mass is 406 g/mol. The van der Waals surface area contributed by atoms with Crippen LogP contribution in [0.15, 0.2) is 18.2 Å². The average molecular weight is 406 g/mol. The first-order valence-electron chi connectivity index (χ1n) is 9.21. The quantitative estimate of drug-likeness (QED) is 0.800. The largest absolute Gasteiger partial charge is 0.511 e. The molecule has 152 valence electrons. The number of nitrogens with one attached hydrogen (secondary N) is 1. The molecule has 1 saturated carbocycles. The molecule has 1 heterocycles. The predicted molar refractivity (Wildman–Crippen MR) is 97.0 cm³/mol. The van der Waals surface area contributed by atoms with E-state index in [1.807, 2.05) is 0 Å². The summed E-state index contributed by atoms with van der Waals surface area (Å²) in [7, 11) is -4.01. The Morgan fingerprint density at radius 3 is 2.56 bits per heavy atom. The molecule has 1 atom stereocenters. The van der Waals surface area contributed by atoms with Crippen LogP contribution in [0.25, 0.3) is 0 Å². The van der Waals surface area contributed by atoms with Crippen molar-refractivity contribution in [1.82, 2.24) is 4.31 Å². The summed E-state index contributed by atoms with van der Waals surface area (Å²) in [5.41, 5.74) is -4.27. The highest BCUT2D eigenvalue weighted by molar-refractivity contribution is 7.89. The first-order chi connectivity index (χ1) is 12.7. The van der Waals surface area contributed by atoms with Crippen molar-refractivity contribution in [3.8, 4) is 5.75 Å². The van der Waals surface area contributed by atoms with Gasteiger partial charge < -0.3 is 10.1 Å². The number of methoxy groups -OCH3 is 1. The molecule has 1 N–H and O–H groups in total. The lowest BCUT2D eigenvalue weighted by Crippen LogP contribution is -2.44. The molecule has 3 rings (SSSR count). The molecule has 1 fully saturated rings. The number of hydrogen-bond acceptors (Lipinski definition) is 4. The molecule has 0 saturated heterocycles. The Morgan fingerprint density at radius 2 is 1.93 bits per heavy atom. The molecule has 1 aromatic rings. The summed E-state index contributed by atoms with van der Waals surface area (Å²) in [6.45, 7) is -0.583. The first-order valence-corrected chi connectivity index (χ1v) is 10.6. The average Bonchev–Trinajstić information content (AvgIpc) is 3.04. The maximum absolute atomic E-state index is 13.2. The Hall–Kier alpha value is -1.48.